The summed E-state index contributed by atoms with van der Waals surface area (Å²) in [5, 5.41) is 2.91. The van der Waals surface area contributed by atoms with Crippen LogP contribution in [-0.2, 0) is 9.47 Å². The minimum atomic E-state index is -0.466. The zero-order chi connectivity index (χ0) is 12.7. The molecule has 17 heavy (non-hydrogen) atoms. The SMILES string of the molecule is CC(C)(C)OC(=O)NC1COCC12CC(N)C2. The van der Waals surface area contributed by atoms with Crippen molar-refractivity contribution in [1.82, 2.24) is 5.32 Å². The molecule has 1 aliphatic heterocycles. The van der Waals surface area contributed by atoms with Crippen LogP contribution in [0.25, 0.3) is 0 Å². The van der Waals surface area contributed by atoms with Crippen LogP contribution >= 0.6 is 0 Å². The van der Waals surface area contributed by atoms with Crippen molar-refractivity contribution in [3.63, 3.8) is 0 Å². The van der Waals surface area contributed by atoms with Crippen LogP contribution in [-0.4, -0.2) is 37.0 Å². The van der Waals surface area contributed by atoms with E-state index in [0.29, 0.717) is 13.2 Å². The third kappa shape index (κ3) is 2.72. The highest BCUT2D eigenvalue weighted by Gasteiger charge is 2.52. The average Bonchev–Trinajstić information content (AvgIpc) is 2.44. The summed E-state index contributed by atoms with van der Waals surface area (Å²) < 4.78 is 10.7. The second-order valence-electron chi connectivity index (χ2n) is 6.24. The summed E-state index contributed by atoms with van der Waals surface area (Å²) in [5.41, 5.74) is 5.41. The highest BCUT2D eigenvalue weighted by Crippen LogP contribution is 2.46. The molecule has 2 fully saturated rings. The van der Waals surface area contributed by atoms with Gasteiger partial charge in [0, 0.05) is 11.5 Å². The molecular formula is C12H22N2O3. The quantitative estimate of drug-likeness (QED) is 0.720. The normalized spacial score (nSPS) is 36.7. The Hall–Kier alpha value is -0.810. The monoisotopic (exact) mass is 242 g/mol. The number of nitrogens with one attached hydrogen (secondary N) is 1. The first-order chi connectivity index (χ1) is 7.81. The largest absolute Gasteiger partial charge is 0.444 e. The first-order valence-electron chi connectivity index (χ1n) is 6.14. The highest BCUT2D eigenvalue weighted by molar-refractivity contribution is 5.68. The van der Waals surface area contributed by atoms with E-state index in [2.05, 4.69) is 5.32 Å². The van der Waals surface area contributed by atoms with Crippen molar-refractivity contribution in [2.75, 3.05) is 13.2 Å². The van der Waals surface area contributed by atoms with E-state index in [9.17, 15) is 4.79 Å². The summed E-state index contributed by atoms with van der Waals surface area (Å²) >= 11 is 0. The van der Waals surface area contributed by atoms with Crippen molar-refractivity contribution in [3.05, 3.63) is 0 Å². The zero-order valence-electron chi connectivity index (χ0n) is 10.8. The van der Waals surface area contributed by atoms with E-state index in [1.54, 1.807) is 0 Å². The van der Waals surface area contributed by atoms with Crippen molar-refractivity contribution < 1.29 is 14.3 Å². The van der Waals surface area contributed by atoms with Gasteiger partial charge in [-0.1, -0.05) is 0 Å². The number of nitrogens with two attached hydrogens (primary N) is 1. The maximum atomic E-state index is 11.7. The molecule has 0 aromatic carbocycles. The van der Waals surface area contributed by atoms with Gasteiger partial charge in [0.1, 0.15) is 5.60 Å². The lowest BCUT2D eigenvalue weighted by molar-refractivity contribution is 0.0342. The standard InChI is InChI=1S/C12H22N2O3/c1-11(2,3)17-10(15)14-9-6-16-7-12(9)4-8(13)5-12/h8-9H,4-7,13H2,1-3H3,(H,14,15). The molecule has 0 bridgehead atoms. The molecule has 0 aromatic heterocycles. The van der Waals surface area contributed by atoms with Crippen LogP contribution in [0.2, 0.25) is 0 Å². The Kier molecular flexibility index (Phi) is 3.08. The molecule has 1 heterocycles. The van der Waals surface area contributed by atoms with E-state index < -0.39 is 5.60 Å². The van der Waals surface area contributed by atoms with Gasteiger partial charge in [0.15, 0.2) is 0 Å². The summed E-state index contributed by atoms with van der Waals surface area (Å²) in [7, 11) is 0. The summed E-state index contributed by atoms with van der Waals surface area (Å²) in [6.45, 7) is 6.82. The van der Waals surface area contributed by atoms with Gasteiger partial charge in [-0.15, -0.1) is 0 Å². The Balaban J connectivity index is 1.88. The fourth-order valence-corrected chi connectivity index (χ4v) is 2.69. The molecule has 1 spiro atoms. The predicted octanol–water partition coefficient (Wildman–Crippen LogP) is 1.02. The number of alkyl carbamates (subject to hydrolysis) is 1. The summed E-state index contributed by atoms with van der Waals surface area (Å²) in [6.07, 6.45) is 1.48. The molecule has 2 rings (SSSR count). The minimum absolute atomic E-state index is 0.0390. The zero-order valence-corrected chi connectivity index (χ0v) is 10.8. The summed E-state index contributed by atoms with van der Waals surface area (Å²) in [5.74, 6) is 0. The first-order valence-corrected chi connectivity index (χ1v) is 6.14. The molecule has 1 aliphatic carbocycles. The fourth-order valence-electron chi connectivity index (χ4n) is 2.69. The average molecular weight is 242 g/mol. The van der Waals surface area contributed by atoms with Crippen molar-refractivity contribution in [2.24, 2.45) is 11.1 Å². The molecule has 1 unspecified atom stereocenters. The molecule has 3 N–H and O–H groups in total. The summed E-state index contributed by atoms with van der Waals surface area (Å²) in [4.78, 5) is 11.7. The molecule has 0 aromatic rings. The van der Waals surface area contributed by atoms with Crippen LogP contribution in [0, 0.1) is 5.41 Å². The number of carbonyl (C=O) groups is 1. The molecule has 5 heteroatoms. The number of hydrogen-bond donors (Lipinski definition) is 2. The number of rotatable bonds is 1. The molecule has 1 saturated carbocycles. The summed E-state index contributed by atoms with van der Waals surface area (Å²) in [6, 6.07) is 0.289. The van der Waals surface area contributed by atoms with Gasteiger partial charge in [-0.25, -0.2) is 4.79 Å². The number of carbonyl (C=O) groups excluding carboxylic acids is 1. The predicted molar refractivity (Wildman–Crippen MR) is 63.6 cm³/mol. The van der Waals surface area contributed by atoms with Crippen molar-refractivity contribution in [2.45, 2.75) is 51.3 Å². The van der Waals surface area contributed by atoms with Crippen LogP contribution in [0.5, 0.6) is 0 Å². The molecule has 1 atom stereocenters. The molecular weight excluding hydrogens is 220 g/mol. The van der Waals surface area contributed by atoms with Crippen LogP contribution in [0.15, 0.2) is 0 Å². The van der Waals surface area contributed by atoms with Gasteiger partial charge >= 0.3 is 6.09 Å². The van der Waals surface area contributed by atoms with Crippen molar-refractivity contribution in [3.8, 4) is 0 Å². The maximum Gasteiger partial charge on any atom is 0.407 e. The minimum Gasteiger partial charge on any atom is -0.444 e. The number of amides is 1. The Morgan fingerprint density at radius 1 is 1.47 bits per heavy atom. The van der Waals surface area contributed by atoms with Gasteiger partial charge in [0.2, 0.25) is 0 Å². The number of hydrogen-bond acceptors (Lipinski definition) is 4. The van der Waals surface area contributed by atoms with Crippen LogP contribution in [0.3, 0.4) is 0 Å². The topological polar surface area (TPSA) is 73.6 Å². The van der Waals surface area contributed by atoms with Crippen LogP contribution in [0.4, 0.5) is 4.79 Å². The Labute approximate surface area is 102 Å². The molecule has 5 nitrogen and oxygen atoms in total. The van der Waals surface area contributed by atoms with Crippen molar-refractivity contribution >= 4 is 6.09 Å². The van der Waals surface area contributed by atoms with E-state index in [4.69, 9.17) is 15.2 Å². The second-order valence-corrected chi connectivity index (χ2v) is 6.24. The van der Waals surface area contributed by atoms with Crippen LogP contribution < -0.4 is 11.1 Å². The van der Waals surface area contributed by atoms with E-state index >= 15 is 0 Å². The second kappa shape index (κ2) is 4.14. The van der Waals surface area contributed by atoms with Gasteiger partial charge in [0.05, 0.1) is 19.3 Å². The van der Waals surface area contributed by atoms with E-state index in [-0.39, 0.29) is 23.6 Å². The fraction of sp³-hybridized carbons (Fsp3) is 0.917. The van der Waals surface area contributed by atoms with Crippen LogP contribution in [0.1, 0.15) is 33.6 Å². The Morgan fingerprint density at radius 2 is 2.12 bits per heavy atom. The molecule has 2 aliphatic rings. The van der Waals surface area contributed by atoms with E-state index in [1.165, 1.54) is 0 Å². The van der Waals surface area contributed by atoms with Gasteiger partial charge < -0.3 is 20.5 Å². The van der Waals surface area contributed by atoms with Crippen molar-refractivity contribution in [1.29, 1.82) is 0 Å². The third-order valence-corrected chi connectivity index (χ3v) is 3.44. The van der Waals surface area contributed by atoms with Gasteiger partial charge in [-0.05, 0) is 33.6 Å². The van der Waals surface area contributed by atoms with E-state index in [0.717, 1.165) is 12.8 Å². The Morgan fingerprint density at radius 3 is 2.65 bits per heavy atom. The lowest BCUT2D eigenvalue weighted by Gasteiger charge is -2.46. The van der Waals surface area contributed by atoms with Gasteiger partial charge in [-0.3, -0.25) is 0 Å². The van der Waals surface area contributed by atoms with Gasteiger partial charge in [0.25, 0.3) is 0 Å². The molecule has 98 valence electrons. The lowest BCUT2D eigenvalue weighted by atomic mass is 9.63. The smallest absolute Gasteiger partial charge is 0.407 e. The third-order valence-electron chi connectivity index (χ3n) is 3.44. The molecule has 0 radical (unpaired) electrons. The number of ether oxygens (including phenoxy) is 2. The first kappa shape index (κ1) is 12.6. The molecule has 1 saturated heterocycles. The Bertz CT molecular complexity index is 305. The molecule has 1 amide bonds. The van der Waals surface area contributed by atoms with Gasteiger partial charge in [-0.2, -0.15) is 0 Å². The highest BCUT2D eigenvalue weighted by atomic mass is 16.6. The lowest BCUT2D eigenvalue weighted by Crippen LogP contribution is -2.58. The maximum absolute atomic E-state index is 11.7. The van der Waals surface area contributed by atoms with E-state index in [1.807, 2.05) is 20.8 Å².